The van der Waals surface area contributed by atoms with E-state index < -0.39 is 5.82 Å². The van der Waals surface area contributed by atoms with Crippen LogP contribution in [-0.2, 0) is 0 Å². The molecule has 2 heterocycles. The van der Waals surface area contributed by atoms with Crippen LogP contribution in [0.25, 0.3) is 22.0 Å². The second kappa shape index (κ2) is 8.86. The quantitative estimate of drug-likeness (QED) is 0.452. The summed E-state index contributed by atoms with van der Waals surface area (Å²) in [5.41, 5.74) is 2.44. The number of fused-ring (bicyclic) bond motifs is 1. The highest BCUT2D eigenvalue weighted by atomic mass is 19.1. The van der Waals surface area contributed by atoms with Gasteiger partial charge >= 0.3 is 6.03 Å². The number of hydrogen-bond donors (Lipinski definition) is 1. The highest BCUT2D eigenvalue weighted by Crippen LogP contribution is 2.31. The lowest BCUT2D eigenvalue weighted by Gasteiger charge is -2.35. The fourth-order valence-corrected chi connectivity index (χ4v) is 4.12. The minimum atomic E-state index is -0.394. The Balaban J connectivity index is 1.33. The average molecular weight is 444 g/mol. The number of para-hydroxylation sites is 1. The molecule has 3 aromatic carbocycles. The number of benzene rings is 3. The van der Waals surface area contributed by atoms with Crippen LogP contribution in [0.15, 0.2) is 78.9 Å². The number of nitrogens with one attached hydrogen (secondary N) is 1. The smallest absolute Gasteiger partial charge is 0.321 e. The Bertz CT molecular complexity index is 1320. The molecule has 1 aliphatic rings. The first-order valence-electron chi connectivity index (χ1n) is 10.8. The van der Waals surface area contributed by atoms with Crippen molar-refractivity contribution in [2.45, 2.75) is 0 Å². The molecule has 0 atom stereocenters. The molecule has 0 unspecified atom stereocenters. The fraction of sp³-hybridized carbons (Fsp3) is 0.154. The number of pyridine rings is 1. The highest BCUT2D eigenvalue weighted by molar-refractivity contribution is 5.94. The summed E-state index contributed by atoms with van der Waals surface area (Å²) < 4.78 is 27.8. The first kappa shape index (κ1) is 20.9. The summed E-state index contributed by atoms with van der Waals surface area (Å²) in [5.74, 6) is 0.112. The van der Waals surface area contributed by atoms with E-state index in [1.54, 1.807) is 29.2 Å². The molecular weight excluding hydrogens is 422 g/mol. The Labute approximate surface area is 190 Å². The van der Waals surface area contributed by atoms with Crippen molar-refractivity contribution in [1.82, 2.24) is 9.88 Å². The first-order valence-corrected chi connectivity index (χ1v) is 10.8. The normalized spacial score (nSPS) is 13.9. The lowest BCUT2D eigenvalue weighted by Crippen LogP contribution is -2.50. The summed E-state index contributed by atoms with van der Waals surface area (Å²) >= 11 is 0. The largest absolute Gasteiger partial charge is 0.353 e. The number of nitrogens with zero attached hydrogens (tertiary/aromatic N) is 3. The molecule has 7 heteroatoms. The predicted octanol–water partition coefficient (Wildman–Crippen LogP) is 5.53. The van der Waals surface area contributed by atoms with Crippen LogP contribution < -0.4 is 10.2 Å². The molecule has 1 aromatic heterocycles. The average Bonchev–Trinajstić information content (AvgIpc) is 2.84. The third-order valence-electron chi connectivity index (χ3n) is 5.84. The van der Waals surface area contributed by atoms with Crippen LogP contribution in [0.4, 0.5) is 25.1 Å². The van der Waals surface area contributed by atoms with Crippen LogP contribution in [0.3, 0.4) is 0 Å². The van der Waals surface area contributed by atoms with Crippen molar-refractivity contribution in [1.29, 1.82) is 0 Å². The maximum Gasteiger partial charge on any atom is 0.321 e. The fourth-order valence-electron chi connectivity index (χ4n) is 4.12. The number of amides is 2. The van der Waals surface area contributed by atoms with E-state index in [-0.39, 0.29) is 11.8 Å². The molecule has 0 radical (unpaired) electrons. The van der Waals surface area contributed by atoms with Gasteiger partial charge in [0.25, 0.3) is 0 Å². The summed E-state index contributed by atoms with van der Waals surface area (Å²) in [7, 11) is 0. The third kappa shape index (κ3) is 4.35. The third-order valence-corrected chi connectivity index (χ3v) is 5.84. The van der Waals surface area contributed by atoms with Gasteiger partial charge in [-0.3, -0.25) is 0 Å². The number of halogens is 2. The highest BCUT2D eigenvalue weighted by Gasteiger charge is 2.22. The van der Waals surface area contributed by atoms with Gasteiger partial charge in [0.15, 0.2) is 0 Å². The minimum absolute atomic E-state index is 0.256. The van der Waals surface area contributed by atoms with Gasteiger partial charge < -0.3 is 15.1 Å². The topological polar surface area (TPSA) is 48.5 Å². The molecule has 1 N–H and O–H groups in total. The summed E-state index contributed by atoms with van der Waals surface area (Å²) in [6.45, 7) is 2.24. The molecule has 4 aromatic rings. The molecular formula is C26H22F2N4O. The lowest BCUT2D eigenvalue weighted by atomic mass is 10.0. The molecule has 5 nitrogen and oxygen atoms in total. The Morgan fingerprint density at radius 1 is 0.818 bits per heavy atom. The summed E-state index contributed by atoms with van der Waals surface area (Å²) in [4.78, 5) is 21.2. The molecule has 166 valence electrons. The molecule has 0 bridgehead atoms. The molecule has 1 fully saturated rings. The van der Waals surface area contributed by atoms with E-state index in [0.717, 1.165) is 22.3 Å². The van der Waals surface area contributed by atoms with Gasteiger partial charge in [-0.15, -0.1) is 0 Å². The van der Waals surface area contributed by atoms with Crippen molar-refractivity contribution >= 4 is 28.4 Å². The van der Waals surface area contributed by atoms with E-state index in [0.29, 0.717) is 37.4 Å². The van der Waals surface area contributed by atoms with E-state index in [1.165, 1.54) is 18.2 Å². The van der Waals surface area contributed by atoms with E-state index in [9.17, 15) is 13.6 Å². The van der Waals surface area contributed by atoms with Crippen molar-refractivity contribution in [3.05, 3.63) is 90.5 Å². The van der Waals surface area contributed by atoms with Gasteiger partial charge in [-0.05, 0) is 36.4 Å². The zero-order chi connectivity index (χ0) is 22.8. The zero-order valence-electron chi connectivity index (χ0n) is 17.8. The van der Waals surface area contributed by atoms with Crippen LogP contribution >= 0.6 is 0 Å². The molecule has 1 aliphatic heterocycles. The molecule has 0 saturated carbocycles. The number of rotatable bonds is 3. The summed E-state index contributed by atoms with van der Waals surface area (Å²) in [6.07, 6.45) is 0. The number of aromatic nitrogens is 1. The van der Waals surface area contributed by atoms with Crippen LogP contribution in [0.5, 0.6) is 0 Å². The maximum absolute atomic E-state index is 14.5. The van der Waals surface area contributed by atoms with Gasteiger partial charge in [-0.1, -0.05) is 42.5 Å². The van der Waals surface area contributed by atoms with Crippen molar-refractivity contribution in [3.8, 4) is 11.1 Å². The predicted molar refractivity (Wildman–Crippen MR) is 126 cm³/mol. The van der Waals surface area contributed by atoms with Gasteiger partial charge in [-0.2, -0.15) is 0 Å². The van der Waals surface area contributed by atoms with Crippen LogP contribution in [0, 0.1) is 11.6 Å². The minimum Gasteiger partial charge on any atom is -0.353 e. The number of carbonyl (C=O) groups is 1. The van der Waals surface area contributed by atoms with Crippen molar-refractivity contribution < 1.29 is 13.6 Å². The van der Waals surface area contributed by atoms with Crippen LogP contribution in [0.1, 0.15) is 0 Å². The molecule has 1 saturated heterocycles. The molecule has 5 rings (SSSR count). The van der Waals surface area contributed by atoms with Crippen molar-refractivity contribution in [3.63, 3.8) is 0 Å². The zero-order valence-corrected chi connectivity index (χ0v) is 17.8. The lowest BCUT2D eigenvalue weighted by molar-refractivity contribution is 0.208. The van der Waals surface area contributed by atoms with Gasteiger partial charge in [0.2, 0.25) is 0 Å². The van der Waals surface area contributed by atoms with E-state index >= 15 is 0 Å². The number of hydrogen-bond acceptors (Lipinski definition) is 3. The van der Waals surface area contributed by atoms with Crippen LogP contribution in [-0.4, -0.2) is 42.1 Å². The number of urea groups is 1. The van der Waals surface area contributed by atoms with Crippen molar-refractivity contribution in [2.75, 3.05) is 36.4 Å². The summed E-state index contributed by atoms with van der Waals surface area (Å²) in [6, 6.07) is 22.0. The van der Waals surface area contributed by atoms with E-state index in [2.05, 4.69) is 10.2 Å². The molecule has 0 spiro atoms. The van der Waals surface area contributed by atoms with Crippen LogP contribution in [0.2, 0.25) is 0 Å². The standard InChI is InChI=1S/C26H22F2N4O/c27-19-6-4-7-20(17-19)29-26(33)32-15-13-31(14-16-32)24-12-11-18-5-3-9-22(25(18)30-24)21-8-1-2-10-23(21)28/h1-12,17H,13-16H2,(H,29,33). The number of carbonyl (C=O) groups excluding carboxylic acids is 1. The first-order chi connectivity index (χ1) is 16.1. The molecule has 0 aliphatic carbocycles. The monoisotopic (exact) mass is 444 g/mol. The number of anilines is 2. The summed E-state index contributed by atoms with van der Waals surface area (Å²) in [5, 5.41) is 3.68. The molecule has 2 amide bonds. The van der Waals surface area contributed by atoms with Gasteiger partial charge in [0.1, 0.15) is 17.5 Å². The Hall–Kier alpha value is -4.00. The van der Waals surface area contributed by atoms with Crippen molar-refractivity contribution in [2.24, 2.45) is 0 Å². The second-order valence-electron chi connectivity index (χ2n) is 7.94. The van der Waals surface area contributed by atoms with E-state index in [4.69, 9.17) is 4.98 Å². The Morgan fingerprint density at radius 2 is 1.58 bits per heavy atom. The SMILES string of the molecule is O=C(Nc1cccc(F)c1)N1CCN(c2ccc3cccc(-c4ccccc4F)c3n2)CC1. The Kier molecular flexibility index (Phi) is 5.60. The number of piperazine rings is 1. The molecule has 33 heavy (non-hydrogen) atoms. The van der Waals surface area contributed by atoms with E-state index in [1.807, 2.05) is 36.4 Å². The van der Waals surface area contributed by atoms with Gasteiger partial charge in [0.05, 0.1) is 5.52 Å². The van der Waals surface area contributed by atoms with Gasteiger partial charge in [-0.25, -0.2) is 18.6 Å². The Morgan fingerprint density at radius 3 is 2.36 bits per heavy atom. The second-order valence-corrected chi connectivity index (χ2v) is 7.94. The van der Waals surface area contributed by atoms with Gasteiger partial charge in [0, 0.05) is 48.4 Å². The maximum atomic E-state index is 14.5.